The molecule has 1 atom stereocenters. The Balaban J connectivity index is 2.01. The monoisotopic (exact) mass is 314 g/mol. The maximum absolute atomic E-state index is 12.0. The predicted octanol–water partition coefficient (Wildman–Crippen LogP) is 1.68. The Morgan fingerprint density at radius 3 is 2.74 bits per heavy atom. The molecule has 0 saturated carbocycles. The second kappa shape index (κ2) is 8.11. The molecule has 1 fully saturated rings. The molecule has 1 heterocycles. The van der Waals surface area contributed by atoms with E-state index in [-0.39, 0.29) is 11.7 Å². The number of ether oxygens (including phenoxy) is 2. The third-order valence-electron chi connectivity index (χ3n) is 3.52. The molecule has 1 N–H and O–H groups in total. The maximum Gasteiger partial charge on any atom is 0.337 e. The van der Waals surface area contributed by atoms with E-state index in [1.165, 1.54) is 13.2 Å². The van der Waals surface area contributed by atoms with Crippen molar-refractivity contribution in [2.45, 2.75) is 18.9 Å². The summed E-state index contributed by atoms with van der Waals surface area (Å²) in [7, 11) is 1.31. The summed E-state index contributed by atoms with van der Waals surface area (Å²) in [5.41, 5.74) is 1.07. The summed E-state index contributed by atoms with van der Waals surface area (Å²) >= 11 is 0. The molecule has 1 aliphatic heterocycles. The number of carbonyl (C=O) groups is 2. The number of amides is 1. The van der Waals surface area contributed by atoms with Gasteiger partial charge in [0.05, 0.1) is 18.8 Å². The van der Waals surface area contributed by atoms with Gasteiger partial charge in [0.25, 0.3) is 5.91 Å². The summed E-state index contributed by atoms with van der Waals surface area (Å²) in [5, 5.41) is 11.9. The molecule has 2 rings (SSSR count). The van der Waals surface area contributed by atoms with Gasteiger partial charge in [0.2, 0.25) is 0 Å². The maximum atomic E-state index is 12.0. The average molecular weight is 314 g/mol. The fourth-order valence-electron chi connectivity index (χ4n) is 2.26. The summed E-state index contributed by atoms with van der Waals surface area (Å²) in [6, 6.07) is 8.35. The van der Waals surface area contributed by atoms with Crippen molar-refractivity contribution in [1.29, 1.82) is 5.26 Å². The second-order valence-corrected chi connectivity index (χ2v) is 5.13. The Labute approximate surface area is 134 Å². The van der Waals surface area contributed by atoms with E-state index in [4.69, 9.17) is 10.00 Å². The quantitative estimate of drug-likeness (QED) is 0.507. The molecule has 1 aliphatic rings. The molecule has 6 heteroatoms. The van der Waals surface area contributed by atoms with Crippen molar-refractivity contribution in [2.24, 2.45) is 0 Å². The Morgan fingerprint density at radius 1 is 1.43 bits per heavy atom. The largest absolute Gasteiger partial charge is 0.465 e. The number of nitriles is 1. The second-order valence-electron chi connectivity index (χ2n) is 5.13. The molecule has 0 unspecified atom stereocenters. The number of hydrogen-bond donors (Lipinski definition) is 1. The minimum atomic E-state index is -0.435. The van der Waals surface area contributed by atoms with Crippen LogP contribution in [0.2, 0.25) is 0 Å². The molecule has 0 aliphatic carbocycles. The number of carbonyl (C=O) groups excluding carboxylic acids is 2. The number of benzene rings is 1. The third kappa shape index (κ3) is 4.66. The van der Waals surface area contributed by atoms with Gasteiger partial charge in [0, 0.05) is 13.2 Å². The van der Waals surface area contributed by atoms with Gasteiger partial charge in [-0.2, -0.15) is 5.26 Å². The van der Waals surface area contributed by atoms with E-state index in [1.807, 2.05) is 6.07 Å². The van der Waals surface area contributed by atoms with E-state index in [1.54, 1.807) is 24.3 Å². The van der Waals surface area contributed by atoms with Crippen LogP contribution in [0.15, 0.2) is 29.8 Å². The Hall–Kier alpha value is -2.65. The van der Waals surface area contributed by atoms with Crippen LogP contribution in [0.5, 0.6) is 0 Å². The summed E-state index contributed by atoms with van der Waals surface area (Å²) in [4.78, 5) is 23.4. The lowest BCUT2D eigenvalue weighted by molar-refractivity contribution is -0.117. The SMILES string of the molecule is COC(=O)c1ccc(/C=C(\C#N)C(=O)NC[C@@H]2CCCO2)cc1. The van der Waals surface area contributed by atoms with E-state index < -0.39 is 11.9 Å². The highest BCUT2D eigenvalue weighted by molar-refractivity contribution is 6.01. The molecule has 1 amide bonds. The van der Waals surface area contributed by atoms with Gasteiger partial charge >= 0.3 is 5.97 Å². The molecule has 1 aromatic carbocycles. The van der Waals surface area contributed by atoms with Gasteiger partial charge in [-0.05, 0) is 36.6 Å². The number of nitrogens with zero attached hydrogens (tertiary/aromatic N) is 1. The van der Waals surface area contributed by atoms with Crippen LogP contribution in [0.1, 0.15) is 28.8 Å². The third-order valence-corrected chi connectivity index (χ3v) is 3.52. The summed E-state index contributed by atoms with van der Waals surface area (Å²) in [6.45, 7) is 1.12. The van der Waals surface area contributed by atoms with Gasteiger partial charge < -0.3 is 14.8 Å². The average Bonchev–Trinajstić information content (AvgIpc) is 3.11. The highest BCUT2D eigenvalue weighted by Crippen LogP contribution is 2.12. The van der Waals surface area contributed by atoms with Crippen molar-refractivity contribution < 1.29 is 19.1 Å². The first-order valence-corrected chi connectivity index (χ1v) is 7.34. The minimum Gasteiger partial charge on any atom is -0.465 e. The number of hydrogen-bond acceptors (Lipinski definition) is 5. The molecule has 23 heavy (non-hydrogen) atoms. The zero-order chi connectivity index (χ0) is 16.7. The fourth-order valence-corrected chi connectivity index (χ4v) is 2.26. The first-order chi connectivity index (χ1) is 11.1. The van der Waals surface area contributed by atoms with Gasteiger partial charge in [-0.3, -0.25) is 4.79 Å². The first kappa shape index (κ1) is 16.7. The summed E-state index contributed by atoms with van der Waals surface area (Å²) in [6.07, 6.45) is 3.42. The molecule has 0 radical (unpaired) electrons. The zero-order valence-corrected chi connectivity index (χ0v) is 12.9. The molecule has 0 aromatic heterocycles. The van der Waals surface area contributed by atoms with Gasteiger partial charge in [0.15, 0.2) is 0 Å². The van der Waals surface area contributed by atoms with E-state index in [0.717, 1.165) is 12.8 Å². The standard InChI is InChI=1S/C17H18N2O4/c1-22-17(21)13-6-4-12(5-7-13)9-14(10-18)16(20)19-11-15-3-2-8-23-15/h4-7,9,15H,2-3,8,11H2,1H3,(H,19,20)/b14-9+/t15-/m0/s1. The van der Waals surface area contributed by atoms with Crippen LogP contribution in [0, 0.1) is 11.3 Å². The van der Waals surface area contributed by atoms with E-state index in [0.29, 0.717) is 24.3 Å². The molecule has 1 saturated heterocycles. The molecule has 1 aromatic rings. The molecular formula is C17H18N2O4. The van der Waals surface area contributed by atoms with Crippen molar-refractivity contribution in [3.63, 3.8) is 0 Å². The van der Waals surface area contributed by atoms with E-state index >= 15 is 0 Å². The minimum absolute atomic E-state index is 0.00816. The summed E-state index contributed by atoms with van der Waals surface area (Å²) < 4.78 is 10.0. The van der Waals surface area contributed by atoms with Crippen LogP contribution in [-0.4, -0.2) is 38.2 Å². The zero-order valence-electron chi connectivity index (χ0n) is 12.9. The first-order valence-electron chi connectivity index (χ1n) is 7.34. The van der Waals surface area contributed by atoms with Crippen molar-refractivity contribution in [3.8, 4) is 6.07 Å². The highest BCUT2D eigenvalue weighted by Gasteiger charge is 2.17. The van der Waals surface area contributed by atoms with Crippen LogP contribution in [0.3, 0.4) is 0 Å². The molecular weight excluding hydrogens is 296 g/mol. The number of rotatable bonds is 5. The van der Waals surface area contributed by atoms with Crippen LogP contribution in [0.4, 0.5) is 0 Å². The topological polar surface area (TPSA) is 88.4 Å². The van der Waals surface area contributed by atoms with E-state index in [2.05, 4.69) is 10.1 Å². The number of methoxy groups -OCH3 is 1. The van der Waals surface area contributed by atoms with Gasteiger partial charge in [0.1, 0.15) is 11.6 Å². The Kier molecular flexibility index (Phi) is 5.89. The van der Waals surface area contributed by atoms with E-state index in [9.17, 15) is 9.59 Å². The Bertz CT molecular complexity index is 638. The lowest BCUT2D eigenvalue weighted by Gasteiger charge is -2.10. The Morgan fingerprint density at radius 2 is 2.17 bits per heavy atom. The van der Waals surface area contributed by atoms with Crippen molar-refractivity contribution in [1.82, 2.24) is 5.32 Å². The van der Waals surface area contributed by atoms with Crippen molar-refractivity contribution >= 4 is 18.0 Å². The van der Waals surface area contributed by atoms with Gasteiger partial charge in [-0.15, -0.1) is 0 Å². The lowest BCUT2D eigenvalue weighted by atomic mass is 10.1. The van der Waals surface area contributed by atoms with Crippen LogP contribution in [0.25, 0.3) is 6.08 Å². The number of esters is 1. The van der Waals surface area contributed by atoms with Crippen LogP contribution in [-0.2, 0) is 14.3 Å². The van der Waals surface area contributed by atoms with Crippen molar-refractivity contribution in [2.75, 3.05) is 20.3 Å². The molecule has 0 bridgehead atoms. The fraction of sp³-hybridized carbons (Fsp3) is 0.353. The summed E-state index contributed by atoms with van der Waals surface area (Å²) in [5.74, 6) is -0.865. The van der Waals surface area contributed by atoms with Gasteiger partial charge in [-0.1, -0.05) is 12.1 Å². The normalized spacial score (nSPS) is 17.4. The molecule has 6 nitrogen and oxygen atoms in total. The van der Waals surface area contributed by atoms with Crippen LogP contribution < -0.4 is 5.32 Å². The number of nitrogens with one attached hydrogen (secondary N) is 1. The van der Waals surface area contributed by atoms with Crippen LogP contribution >= 0.6 is 0 Å². The van der Waals surface area contributed by atoms with Crippen molar-refractivity contribution in [3.05, 3.63) is 41.0 Å². The molecule has 120 valence electrons. The lowest BCUT2D eigenvalue weighted by Crippen LogP contribution is -2.32. The van der Waals surface area contributed by atoms with Gasteiger partial charge in [-0.25, -0.2) is 4.79 Å². The molecule has 0 spiro atoms. The smallest absolute Gasteiger partial charge is 0.337 e. The highest BCUT2D eigenvalue weighted by atomic mass is 16.5. The predicted molar refractivity (Wildman–Crippen MR) is 83.4 cm³/mol.